The number of aromatic nitrogens is 3. The summed E-state index contributed by atoms with van der Waals surface area (Å²) in [5, 5.41) is 7.89. The highest BCUT2D eigenvalue weighted by Crippen LogP contribution is 2.17. The van der Waals surface area contributed by atoms with E-state index in [0.717, 1.165) is 30.1 Å². The van der Waals surface area contributed by atoms with Crippen LogP contribution < -0.4 is 10.2 Å². The first kappa shape index (κ1) is 13.8. The lowest BCUT2D eigenvalue weighted by Crippen LogP contribution is -2.40. The maximum atomic E-state index is 4.47. The minimum Gasteiger partial charge on any atom is -0.357 e. The van der Waals surface area contributed by atoms with Gasteiger partial charge in [0.15, 0.2) is 5.82 Å². The van der Waals surface area contributed by atoms with Gasteiger partial charge in [-0.25, -0.2) is 9.50 Å². The number of aryl methyl sites for hydroxylation is 1. The molecule has 0 fully saturated rings. The predicted octanol–water partition coefficient (Wildman–Crippen LogP) is 1.86. The average molecular weight is 261 g/mol. The second kappa shape index (κ2) is 5.17. The van der Waals surface area contributed by atoms with Crippen molar-refractivity contribution in [2.24, 2.45) is 0 Å². The number of nitrogens with zero attached hydrogens (tertiary/aromatic N) is 4. The van der Waals surface area contributed by atoms with Crippen LogP contribution in [0.3, 0.4) is 0 Å². The minimum absolute atomic E-state index is 0.146. The predicted molar refractivity (Wildman–Crippen MR) is 78.7 cm³/mol. The molecule has 0 radical (unpaired) electrons. The molecule has 0 saturated heterocycles. The second-order valence-electron chi connectivity index (χ2n) is 5.96. The molecule has 1 N–H and O–H groups in total. The zero-order chi connectivity index (χ0) is 14.0. The van der Waals surface area contributed by atoms with Crippen molar-refractivity contribution in [3.63, 3.8) is 0 Å². The number of nitrogens with one attached hydrogen (secondary N) is 1. The zero-order valence-electron chi connectivity index (χ0n) is 12.4. The minimum atomic E-state index is 0.146. The van der Waals surface area contributed by atoms with Crippen LogP contribution in [0.1, 0.15) is 26.5 Å². The summed E-state index contributed by atoms with van der Waals surface area (Å²) in [6.45, 7) is 10.4. The molecule has 0 aliphatic heterocycles. The second-order valence-corrected chi connectivity index (χ2v) is 5.96. The van der Waals surface area contributed by atoms with E-state index in [2.05, 4.69) is 54.2 Å². The largest absolute Gasteiger partial charge is 0.357 e. The van der Waals surface area contributed by atoms with E-state index in [1.54, 1.807) is 6.20 Å². The Balaban J connectivity index is 2.11. The SMILES string of the molecule is Cc1cc2c(N(C)CCNC(C)(C)C)nccn2n1. The van der Waals surface area contributed by atoms with Crippen molar-refractivity contribution in [2.75, 3.05) is 25.0 Å². The van der Waals surface area contributed by atoms with E-state index < -0.39 is 0 Å². The van der Waals surface area contributed by atoms with E-state index in [9.17, 15) is 0 Å². The van der Waals surface area contributed by atoms with Crippen molar-refractivity contribution in [1.82, 2.24) is 19.9 Å². The van der Waals surface area contributed by atoms with Gasteiger partial charge in [0.1, 0.15) is 5.52 Å². The Morgan fingerprint density at radius 1 is 1.37 bits per heavy atom. The highest BCUT2D eigenvalue weighted by molar-refractivity contribution is 5.68. The molecule has 2 aromatic heterocycles. The molecule has 0 aliphatic carbocycles. The molecule has 5 nitrogen and oxygen atoms in total. The molecule has 0 bridgehead atoms. The van der Waals surface area contributed by atoms with Gasteiger partial charge >= 0.3 is 0 Å². The van der Waals surface area contributed by atoms with Crippen molar-refractivity contribution in [3.8, 4) is 0 Å². The molecule has 0 unspecified atom stereocenters. The molecule has 0 saturated carbocycles. The topological polar surface area (TPSA) is 45.5 Å². The lowest BCUT2D eigenvalue weighted by atomic mass is 10.1. The van der Waals surface area contributed by atoms with Crippen LogP contribution in [0.5, 0.6) is 0 Å². The van der Waals surface area contributed by atoms with Crippen molar-refractivity contribution >= 4 is 11.3 Å². The standard InChI is InChI=1S/C14H23N5/c1-11-10-12-13(15-6-9-19(12)17-11)18(5)8-7-16-14(2,3)4/h6,9-10,16H,7-8H2,1-5H3. The van der Waals surface area contributed by atoms with Crippen LogP contribution in [0, 0.1) is 6.92 Å². The van der Waals surface area contributed by atoms with Crippen LogP contribution in [0.4, 0.5) is 5.82 Å². The van der Waals surface area contributed by atoms with Gasteiger partial charge in [0.25, 0.3) is 0 Å². The first-order valence-corrected chi connectivity index (χ1v) is 6.64. The molecule has 2 aromatic rings. The Morgan fingerprint density at radius 2 is 2.11 bits per heavy atom. The van der Waals surface area contributed by atoms with Gasteiger partial charge in [0.05, 0.1) is 5.69 Å². The third kappa shape index (κ3) is 3.44. The summed E-state index contributed by atoms with van der Waals surface area (Å²) in [6.07, 6.45) is 3.68. The lowest BCUT2D eigenvalue weighted by molar-refractivity contribution is 0.430. The fourth-order valence-corrected chi connectivity index (χ4v) is 2.03. The van der Waals surface area contributed by atoms with Crippen molar-refractivity contribution in [2.45, 2.75) is 33.2 Å². The molecule has 19 heavy (non-hydrogen) atoms. The quantitative estimate of drug-likeness (QED) is 0.912. The van der Waals surface area contributed by atoms with Gasteiger partial charge in [-0.2, -0.15) is 5.10 Å². The van der Waals surface area contributed by atoms with E-state index in [4.69, 9.17) is 0 Å². The highest BCUT2D eigenvalue weighted by atomic mass is 15.3. The van der Waals surface area contributed by atoms with Gasteiger partial charge in [-0.15, -0.1) is 0 Å². The molecule has 0 amide bonds. The number of likely N-dealkylation sites (N-methyl/N-ethyl adjacent to an activating group) is 1. The normalized spacial score (nSPS) is 12.1. The number of rotatable bonds is 4. The first-order chi connectivity index (χ1) is 8.87. The summed E-state index contributed by atoms with van der Waals surface area (Å²) in [5.74, 6) is 0.971. The Kier molecular flexibility index (Phi) is 3.75. The summed E-state index contributed by atoms with van der Waals surface area (Å²) in [4.78, 5) is 6.63. The summed E-state index contributed by atoms with van der Waals surface area (Å²) >= 11 is 0. The summed E-state index contributed by atoms with van der Waals surface area (Å²) < 4.78 is 1.88. The zero-order valence-corrected chi connectivity index (χ0v) is 12.4. The lowest BCUT2D eigenvalue weighted by Gasteiger charge is -2.24. The smallest absolute Gasteiger partial charge is 0.154 e. The fourth-order valence-electron chi connectivity index (χ4n) is 2.03. The molecular formula is C14H23N5. The average Bonchev–Trinajstić information content (AvgIpc) is 2.66. The Bertz CT molecular complexity index is 552. The van der Waals surface area contributed by atoms with Crippen molar-refractivity contribution in [1.29, 1.82) is 0 Å². The fraction of sp³-hybridized carbons (Fsp3) is 0.571. The molecule has 0 aliphatic rings. The maximum absolute atomic E-state index is 4.47. The summed E-state index contributed by atoms with van der Waals surface area (Å²) in [6, 6.07) is 2.07. The Labute approximate surface area is 114 Å². The van der Waals surface area contributed by atoms with E-state index in [0.29, 0.717) is 0 Å². The number of hydrogen-bond donors (Lipinski definition) is 1. The third-order valence-electron chi connectivity index (χ3n) is 2.96. The van der Waals surface area contributed by atoms with Crippen molar-refractivity contribution < 1.29 is 0 Å². The van der Waals surface area contributed by atoms with Crippen molar-refractivity contribution in [3.05, 3.63) is 24.2 Å². The number of fused-ring (bicyclic) bond motifs is 1. The summed E-state index contributed by atoms with van der Waals surface area (Å²) in [7, 11) is 2.06. The Hall–Kier alpha value is -1.62. The van der Waals surface area contributed by atoms with E-state index in [1.165, 1.54) is 0 Å². The molecule has 0 atom stereocenters. The van der Waals surface area contributed by atoms with Crippen LogP contribution in [0.2, 0.25) is 0 Å². The molecule has 0 spiro atoms. The number of anilines is 1. The molecule has 0 aromatic carbocycles. The maximum Gasteiger partial charge on any atom is 0.154 e. The van der Waals surface area contributed by atoms with Gasteiger partial charge in [0.2, 0.25) is 0 Å². The van der Waals surface area contributed by atoms with Gasteiger partial charge in [-0.1, -0.05) is 0 Å². The van der Waals surface area contributed by atoms with E-state index >= 15 is 0 Å². The summed E-state index contributed by atoms with van der Waals surface area (Å²) in [5.41, 5.74) is 2.21. The van der Waals surface area contributed by atoms with Gasteiger partial charge in [0, 0.05) is 38.1 Å². The Morgan fingerprint density at radius 3 is 2.79 bits per heavy atom. The molecular weight excluding hydrogens is 238 g/mol. The van der Waals surface area contributed by atoms with Crippen LogP contribution in [0.25, 0.3) is 5.52 Å². The van der Waals surface area contributed by atoms with Crippen LogP contribution in [0.15, 0.2) is 18.5 Å². The molecule has 104 valence electrons. The van der Waals surface area contributed by atoms with Gasteiger partial charge in [-0.05, 0) is 33.8 Å². The molecule has 5 heteroatoms. The van der Waals surface area contributed by atoms with Gasteiger partial charge in [-0.3, -0.25) is 0 Å². The molecule has 2 rings (SSSR count). The monoisotopic (exact) mass is 261 g/mol. The van der Waals surface area contributed by atoms with E-state index in [1.807, 2.05) is 17.6 Å². The van der Waals surface area contributed by atoms with Crippen LogP contribution in [-0.2, 0) is 0 Å². The van der Waals surface area contributed by atoms with Crippen LogP contribution in [-0.4, -0.2) is 40.3 Å². The number of hydrogen-bond acceptors (Lipinski definition) is 4. The molecule has 2 heterocycles. The van der Waals surface area contributed by atoms with Crippen LogP contribution >= 0.6 is 0 Å². The highest BCUT2D eigenvalue weighted by Gasteiger charge is 2.12. The van der Waals surface area contributed by atoms with Gasteiger partial charge < -0.3 is 10.2 Å². The van der Waals surface area contributed by atoms with E-state index in [-0.39, 0.29) is 5.54 Å². The first-order valence-electron chi connectivity index (χ1n) is 6.64. The third-order valence-corrected chi connectivity index (χ3v) is 2.96.